The maximum absolute atomic E-state index is 12.3. The van der Waals surface area contributed by atoms with E-state index < -0.39 is 27.8 Å². The molecule has 1 atom stereocenters. The molecule has 1 unspecified atom stereocenters. The van der Waals surface area contributed by atoms with Crippen LogP contribution in [-0.4, -0.2) is 28.9 Å². The molecule has 0 bridgehead atoms. The van der Waals surface area contributed by atoms with E-state index in [9.17, 15) is 22.0 Å². The highest BCUT2D eigenvalue weighted by Crippen LogP contribution is 2.28. The Hall–Kier alpha value is -1.03. The standard InChI is InChI=1S/C10H11F5O3Si/c1-16-19(17-9(11)12,18-10(13,14)15)7-8-5-3-2-4-6-8/h2-6,9H,7H2,1H3. The lowest BCUT2D eigenvalue weighted by Crippen LogP contribution is -2.52. The van der Waals surface area contributed by atoms with Crippen LogP contribution in [-0.2, 0) is 19.3 Å². The molecule has 1 rings (SSSR count). The molecule has 0 aliphatic heterocycles. The zero-order chi connectivity index (χ0) is 14.5. The largest absolute Gasteiger partial charge is 0.516 e. The van der Waals surface area contributed by atoms with E-state index in [-0.39, 0.29) is 0 Å². The van der Waals surface area contributed by atoms with Crippen LogP contribution in [0.25, 0.3) is 0 Å². The predicted octanol–water partition coefficient (Wildman–Crippen LogP) is 3.13. The van der Waals surface area contributed by atoms with Gasteiger partial charge in [-0.05, 0) is 5.56 Å². The molecule has 0 radical (unpaired) electrons. The zero-order valence-corrected chi connectivity index (χ0v) is 10.8. The first-order chi connectivity index (χ1) is 8.76. The summed E-state index contributed by atoms with van der Waals surface area (Å²) in [7, 11) is -3.73. The summed E-state index contributed by atoms with van der Waals surface area (Å²) in [5.41, 5.74) is 0.348. The van der Waals surface area contributed by atoms with Crippen molar-refractivity contribution >= 4 is 8.80 Å². The fourth-order valence-electron chi connectivity index (χ4n) is 1.42. The first-order valence-corrected chi connectivity index (χ1v) is 7.01. The maximum atomic E-state index is 12.3. The van der Waals surface area contributed by atoms with Gasteiger partial charge in [0.1, 0.15) is 0 Å². The van der Waals surface area contributed by atoms with Gasteiger partial charge in [-0.2, -0.15) is 8.78 Å². The quantitative estimate of drug-likeness (QED) is 0.597. The molecule has 108 valence electrons. The van der Waals surface area contributed by atoms with Crippen molar-refractivity contribution in [2.45, 2.75) is 19.0 Å². The summed E-state index contributed by atoms with van der Waals surface area (Å²) in [6, 6.07) is 7.18. The monoisotopic (exact) mass is 302 g/mol. The lowest BCUT2D eigenvalue weighted by atomic mass is 10.2. The fourth-order valence-corrected chi connectivity index (χ4v) is 3.31. The van der Waals surface area contributed by atoms with Crippen molar-refractivity contribution in [3.8, 4) is 0 Å². The van der Waals surface area contributed by atoms with E-state index in [0.717, 1.165) is 7.11 Å². The maximum Gasteiger partial charge on any atom is 0.516 e. The van der Waals surface area contributed by atoms with Gasteiger partial charge in [0.05, 0.1) is 0 Å². The van der Waals surface area contributed by atoms with Crippen molar-refractivity contribution in [3.05, 3.63) is 35.9 Å². The number of rotatable bonds is 6. The highest BCUT2D eigenvalue weighted by molar-refractivity contribution is 6.60. The van der Waals surface area contributed by atoms with Gasteiger partial charge in [0.2, 0.25) is 0 Å². The summed E-state index contributed by atoms with van der Waals surface area (Å²) in [6.45, 7) is -3.42. The van der Waals surface area contributed by atoms with Crippen LogP contribution in [0.2, 0.25) is 0 Å². The Labute approximate surface area is 107 Å². The number of alkyl halides is 5. The molecule has 0 N–H and O–H groups in total. The Morgan fingerprint density at radius 2 is 1.74 bits per heavy atom. The predicted molar refractivity (Wildman–Crippen MR) is 57.1 cm³/mol. The van der Waals surface area contributed by atoms with Crippen LogP contribution < -0.4 is 0 Å². The molecule has 0 aliphatic rings. The molecule has 0 amide bonds. The van der Waals surface area contributed by atoms with E-state index in [0.29, 0.717) is 5.56 Å². The van der Waals surface area contributed by atoms with Crippen LogP contribution in [0.3, 0.4) is 0 Å². The summed E-state index contributed by atoms with van der Waals surface area (Å²) in [5, 5.41) is 0. The van der Waals surface area contributed by atoms with Gasteiger partial charge in [-0.1, -0.05) is 30.3 Å². The van der Waals surface area contributed by atoms with Crippen molar-refractivity contribution in [2.75, 3.05) is 7.11 Å². The molecule has 0 spiro atoms. The molecule has 3 nitrogen and oxygen atoms in total. The topological polar surface area (TPSA) is 27.7 Å². The van der Waals surface area contributed by atoms with E-state index in [4.69, 9.17) is 0 Å². The van der Waals surface area contributed by atoms with Crippen LogP contribution in [0.4, 0.5) is 22.0 Å². The zero-order valence-electron chi connectivity index (χ0n) is 9.79. The third-order valence-corrected chi connectivity index (χ3v) is 4.66. The molecule has 0 aromatic heterocycles. The van der Waals surface area contributed by atoms with Gasteiger partial charge in [-0.3, -0.25) is 4.43 Å². The molecule has 0 saturated carbocycles. The molecule has 0 saturated heterocycles. The molecule has 1 aromatic carbocycles. The number of hydrogen-bond acceptors (Lipinski definition) is 3. The first-order valence-electron chi connectivity index (χ1n) is 5.08. The van der Waals surface area contributed by atoms with Gasteiger partial charge in [-0.25, -0.2) is 0 Å². The second kappa shape index (κ2) is 6.42. The normalized spacial score (nSPS) is 15.5. The van der Waals surface area contributed by atoms with Gasteiger partial charge in [-0.15, -0.1) is 13.2 Å². The second-order valence-electron chi connectivity index (χ2n) is 3.48. The van der Waals surface area contributed by atoms with Crippen LogP contribution in [0, 0.1) is 0 Å². The highest BCUT2D eigenvalue weighted by Gasteiger charge is 2.52. The molecule has 9 heteroatoms. The molecule has 19 heavy (non-hydrogen) atoms. The first kappa shape index (κ1) is 16.0. The minimum atomic E-state index is -5.12. The minimum Gasteiger partial charge on any atom is -0.376 e. The SMILES string of the molecule is CO[Si](Cc1ccccc1)(OC(F)F)OC(F)(F)F. The van der Waals surface area contributed by atoms with Gasteiger partial charge >= 0.3 is 21.8 Å². The van der Waals surface area contributed by atoms with E-state index in [2.05, 4.69) is 13.3 Å². The lowest BCUT2D eigenvalue weighted by Gasteiger charge is -2.28. The van der Waals surface area contributed by atoms with E-state index in [1.807, 2.05) is 0 Å². The summed E-state index contributed by atoms with van der Waals surface area (Å²) in [5.74, 6) is 0. The number of hydrogen-bond donors (Lipinski definition) is 0. The number of benzene rings is 1. The van der Waals surface area contributed by atoms with Crippen LogP contribution in [0.15, 0.2) is 30.3 Å². The van der Waals surface area contributed by atoms with E-state index in [1.54, 1.807) is 18.2 Å². The molecular formula is C10H11F5O3Si. The summed E-state index contributed by atoms with van der Waals surface area (Å²) in [4.78, 5) is 0. The second-order valence-corrected chi connectivity index (χ2v) is 6.04. The number of halogens is 5. The Balaban J connectivity index is 2.95. The van der Waals surface area contributed by atoms with Crippen molar-refractivity contribution in [2.24, 2.45) is 0 Å². The summed E-state index contributed by atoms with van der Waals surface area (Å²) < 4.78 is 73.7. The summed E-state index contributed by atoms with van der Waals surface area (Å²) in [6.07, 6.45) is -5.12. The average Bonchev–Trinajstić information content (AvgIpc) is 2.27. The van der Waals surface area contributed by atoms with Crippen molar-refractivity contribution in [3.63, 3.8) is 0 Å². The highest BCUT2D eigenvalue weighted by atomic mass is 28.4. The Bertz CT molecular complexity index is 387. The Morgan fingerprint density at radius 1 is 1.16 bits per heavy atom. The van der Waals surface area contributed by atoms with Crippen LogP contribution in [0.5, 0.6) is 0 Å². The third-order valence-electron chi connectivity index (χ3n) is 2.11. The Morgan fingerprint density at radius 3 is 2.16 bits per heavy atom. The van der Waals surface area contributed by atoms with Gasteiger partial charge in [0.15, 0.2) is 0 Å². The average molecular weight is 302 g/mol. The van der Waals surface area contributed by atoms with E-state index >= 15 is 0 Å². The Kier molecular flexibility index (Phi) is 5.41. The van der Waals surface area contributed by atoms with Gasteiger partial charge in [0.25, 0.3) is 0 Å². The minimum absolute atomic E-state index is 0.348. The van der Waals surface area contributed by atoms with Gasteiger partial charge < -0.3 is 8.85 Å². The fraction of sp³-hybridized carbons (Fsp3) is 0.400. The van der Waals surface area contributed by atoms with Crippen LogP contribution in [0.1, 0.15) is 5.56 Å². The molecule has 0 aliphatic carbocycles. The van der Waals surface area contributed by atoms with Crippen molar-refractivity contribution in [1.29, 1.82) is 0 Å². The summed E-state index contributed by atoms with van der Waals surface area (Å²) >= 11 is 0. The lowest BCUT2D eigenvalue weighted by molar-refractivity contribution is -0.302. The van der Waals surface area contributed by atoms with Crippen LogP contribution >= 0.6 is 0 Å². The smallest absolute Gasteiger partial charge is 0.376 e. The van der Waals surface area contributed by atoms with Gasteiger partial charge in [0, 0.05) is 13.2 Å². The molecular weight excluding hydrogens is 291 g/mol. The molecule has 0 fully saturated rings. The third kappa shape index (κ3) is 5.64. The van der Waals surface area contributed by atoms with Crippen molar-refractivity contribution in [1.82, 2.24) is 0 Å². The molecule has 0 heterocycles. The van der Waals surface area contributed by atoms with E-state index in [1.165, 1.54) is 12.1 Å². The molecule has 1 aromatic rings. The van der Waals surface area contributed by atoms with Crippen molar-refractivity contribution < 1.29 is 35.2 Å².